The minimum absolute atomic E-state index is 0.0147. The number of H-pyrrole nitrogens is 1. The summed E-state index contributed by atoms with van der Waals surface area (Å²) >= 11 is 8.51. The Bertz CT molecular complexity index is 3060. The number of benzene rings is 4. The zero-order chi connectivity index (χ0) is 62.3. The molecule has 1 heterocycles. The second-order valence-corrected chi connectivity index (χ2v) is 21.2. The molecule has 5 aromatic rings. The van der Waals surface area contributed by atoms with Gasteiger partial charge >= 0.3 is 0 Å². The number of thiol groups is 2. The third-order valence-electron chi connectivity index (χ3n) is 13.7. The van der Waals surface area contributed by atoms with Crippen molar-refractivity contribution < 1.29 is 63.6 Å². The molecule has 0 aliphatic rings. The van der Waals surface area contributed by atoms with Gasteiger partial charge in [-0.1, -0.05) is 72.8 Å². The molecule has 25 nitrogen and oxygen atoms in total. The predicted molar refractivity (Wildman–Crippen MR) is 322 cm³/mol. The fraction of sp³-hybridized carbons (Fsp3) is 0.397. The first kappa shape index (κ1) is 67.6. The van der Waals surface area contributed by atoms with Gasteiger partial charge < -0.3 is 85.1 Å². The minimum Gasteiger partial charge on any atom is -0.508 e. The normalized spacial score (nSPS) is 15.1. The van der Waals surface area contributed by atoms with Crippen LogP contribution in [0.5, 0.6) is 11.5 Å². The minimum atomic E-state index is -1.74. The Labute approximate surface area is 502 Å². The molecular weight excluding hydrogens is 1140 g/mol. The Balaban J connectivity index is 1.41. The average Bonchev–Trinajstić information content (AvgIpc) is 4.02. The first-order chi connectivity index (χ1) is 40.5. The van der Waals surface area contributed by atoms with E-state index in [4.69, 9.17) is 17.2 Å². The zero-order valence-corrected chi connectivity index (χ0v) is 48.7. The summed E-state index contributed by atoms with van der Waals surface area (Å²) in [6.07, 6.45) is -1.11. The lowest BCUT2D eigenvalue weighted by atomic mass is 10.0. The molecule has 0 unspecified atom stereocenters. The molecule has 0 bridgehead atoms. The molecular formula is C58H76N12O13S2. The number of aromatic amines is 1. The summed E-state index contributed by atoms with van der Waals surface area (Å²) in [6.45, 7) is 2.61. The summed E-state index contributed by atoms with van der Waals surface area (Å²) in [6, 6.07) is 14.7. The molecule has 458 valence electrons. The molecule has 4 aromatic carbocycles. The van der Waals surface area contributed by atoms with Crippen molar-refractivity contribution in [3.63, 3.8) is 0 Å². The highest BCUT2D eigenvalue weighted by molar-refractivity contribution is 7.80. The van der Waals surface area contributed by atoms with Crippen molar-refractivity contribution >= 4 is 89.3 Å². The van der Waals surface area contributed by atoms with Crippen molar-refractivity contribution in [3.05, 3.63) is 132 Å². The first-order valence-electron chi connectivity index (χ1n) is 27.4. The number of carbonyl (C=O) groups excluding carboxylic acids is 9. The maximum Gasteiger partial charge on any atom is 0.245 e. The van der Waals surface area contributed by atoms with Gasteiger partial charge in [-0.25, -0.2) is 0 Å². The largest absolute Gasteiger partial charge is 0.508 e. The molecule has 27 heteroatoms. The lowest BCUT2D eigenvalue weighted by Crippen LogP contribution is -2.62. The zero-order valence-electron chi connectivity index (χ0n) is 46.9. The number of phenols is 2. The summed E-state index contributed by atoms with van der Waals surface area (Å²) in [7, 11) is 0. The fourth-order valence-electron chi connectivity index (χ4n) is 8.97. The van der Waals surface area contributed by atoms with Crippen LogP contribution in [0.4, 0.5) is 0 Å². The van der Waals surface area contributed by atoms with Gasteiger partial charge in [0, 0.05) is 47.9 Å². The predicted octanol–water partition coefficient (Wildman–Crippen LogP) is -1.71. The van der Waals surface area contributed by atoms with Gasteiger partial charge in [-0.15, -0.1) is 0 Å². The van der Waals surface area contributed by atoms with E-state index in [0.29, 0.717) is 39.6 Å². The highest BCUT2D eigenvalue weighted by atomic mass is 32.1. The molecule has 0 radical (unpaired) electrons. The highest BCUT2D eigenvalue weighted by Crippen LogP contribution is 2.20. The van der Waals surface area contributed by atoms with Crippen LogP contribution in [0.2, 0.25) is 0 Å². The number of carbonyl (C=O) groups is 9. The molecule has 9 amide bonds. The van der Waals surface area contributed by atoms with Crippen molar-refractivity contribution in [3.8, 4) is 11.5 Å². The van der Waals surface area contributed by atoms with Crippen LogP contribution in [0.25, 0.3) is 10.9 Å². The first-order valence-corrected chi connectivity index (χ1v) is 28.7. The second kappa shape index (κ2) is 33.3. The maximum atomic E-state index is 14.9. The maximum absolute atomic E-state index is 14.9. The van der Waals surface area contributed by atoms with Gasteiger partial charge in [-0.2, -0.15) is 25.3 Å². The molecule has 0 aliphatic carbocycles. The summed E-state index contributed by atoms with van der Waals surface area (Å²) < 4.78 is 0. The van der Waals surface area contributed by atoms with Crippen LogP contribution in [-0.2, 0) is 68.8 Å². The van der Waals surface area contributed by atoms with Crippen LogP contribution < -0.4 is 59.7 Å². The van der Waals surface area contributed by atoms with Gasteiger partial charge in [0.1, 0.15) is 59.8 Å². The van der Waals surface area contributed by atoms with Gasteiger partial charge in [0.05, 0.1) is 18.2 Å². The lowest BCUT2D eigenvalue weighted by Gasteiger charge is -2.29. The van der Waals surface area contributed by atoms with Crippen LogP contribution >= 0.6 is 25.3 Å². The number of aromatic hydroxyl groups is 2. The van der Waals surface area contributed by atoms with Gasteiger partial charge in [-0.05, 0) is 98.7 Å². The van der Waals surface area contributed by atoms with Crippen molar-refractivity contribution in [1.29, 1.82) is 0 Å². The van der Waals surface area contributed by atoms with E-state index in [1.54, 1.807) is 85.1 Å². The van der Waals surface area contributed by atoms with Gasteiger partial charge in [-0.3, -0.25) is 43.2 Å². The Morgan fingerprint density at radius 2 is 0.894 bits per heavy atom. The van der Waals surface area contributed by atoms with E-state index in [-0.39, 0.29) is 68.1 Å². The van der Waals surface area contributed by atoms with Crippen molar-refractivity contribution in [2.75, 3.05) is 18.1 Å². The monoisotopic (exact) mass is 1210 g/mol. The number of amides is 9. The molecule has 0 fully saturated rings. The molecule has 0 saturated heterocycles. The van der Waals surface area contributed by atoms with Gasteiger partial charge in [0.15, 0.2) is 0 Å². The van der Waals surface area contributed by atoms with E-state index >= 15 is 0 Å². The fourth-order valence-corrected chi connectivity index (χ4v) is 9.48. The molecule has 85 heavy (non-hydrogen) atoms. The Hall–Kier alpha value is -8.21. The number of rotatable bonds is 33. The van der Waals surface area contributed by atoms with Gasteiger partial charge in [0.2, 0.25) is 53.2 Å². The smallest absolute Gasteiger partial charge is 0.245 e. The van der Waals surface area contributed by atoms with Crippen molar-refractivity contribution in [2.45, 2.75) is 125 Å². The van der Waals surface area contributed by atoms with Crippen molar-refractivity contribution in [2.24, 2.45) is 17.2 Å². The number of aliphatic hydroxyl groups excluding tert-OH is 2. The number of hydrogen-bond donors (Lipinski definition) is 18. The van der Waals surface area contributed by atoms with Crippen LogP contribution in [-0.4, -0.2) is 163 Å². The van der Waals surface area contributed by atoms with Crippen LogP contribution in [0.15, 0.2) is 109 Å². The Morgan fingerprint density at radius 1 is 0.482 bits per heavy atom. The lowest BCUT2D eigenvalue weighted by molar-refractivity contribution is -0.137. The standard InChI is InChI=1S/C58H76N12O13S2/c1-31(71)48(50(61)75)69-57(82)47(30-85)68-58(83)49(32(2)72)70-52(77)42(14-8-9-23-59)63-55(80)45(27-36-28-62-41-13-7-6-12-39(36)41)66-53(78)44(25-33-10-4-3-5-11-33)65-56(81)46(29-84)67-54(79)43(26-35-17-21-38(74)22-18-35)64-51(76)40(60)24-34-15-19-37(73)20-16-34/h3-7,10-13,15-22,28,31-32,40,42-49,62,71-74,84-85H,8-9,14,23-27,29-30,59-60H2,1-2H3,(H2,61,75)(H,63,80)(H,64,76)(H,65,81)(H,66,78)(H,67,79)(H,68,83)(H,69,82)(H,70,77)/t31-,32-,40+,42+,43-,44+,45-,46+,47+,48+,49+/m1/s1. The van der Waals surface area contributed by atoms with E-state index in [2.05, 4.69) is 72.8 Å². The average molecular weight is 1210 g/mol. The summed E-state index contributed by atoms with van der Waals surface area (Å²) in [5.41, 5.74) is 20.4. The number of nitrogens with one attached hydrogen (secondary N) is 9. The van der Waals surface area contributed by atoms with E-state index < -0.39 is 120 Å². The number of aromatic nitrogens is 1. The summed E-state index contributed by atoms with van der Waals surface area (Å²) in [5, 5.41) is 61.7. The molecule has 1 aromatic heterocycles. The van der Waals surface area contributed by atoms with Crippen LogP contribution in [0.3, 0.4) is 0 Å². The molecule has 0 spiro atoms. The number of fused-ring (bicyclic) bond motifs is 1. The number of aliphatic hydroxyl groups is 2. The molecule has 5 rings (SSSR count). The Morgan fingerprint density at radius 3 is 1.41 bits per heavy atom. The summed E-state index contributed by atoms with van der Waals surface area (Å²) in [5.74, 6) is -8.85. The number of primary amides is 1. The molecule has 19 N–H and O–H groups in total. The van der Waals surface area contributed by atoms with E-state index in [9.17, 15) is 63.6 Å². The third-order valence-corrected chi connectivity index (χ3v) is 14.5. The number of para-hydroxylation sites is 1. The second-order valence-electron chi connectivity index (χ2n) is 20.5. The highest BCUT2D eigenvalue weighted by Gasteiger charge is 2.37. The molecule has 11 atom stereocenters. The SMILES string of the molecule is C[C@@H](O)[C@H](NC(=O)[C@H](CS)NC(=O)[C@@H](NC(=O)[C@H](CCCCN)NC(=O)[C@@H](Cc1c[nH]c2ccccc12)NC(=O)[C@H](Cc1ccccc1)NC(=O)[C@H](CS)NC(=O)[C@@H](Cc1ccc(O)cc1)NC(=O)[C@@H](N)Cc1ccc(O)cc1)[C@@H](C)O)C(N)=O. The van der Waals surface area contributed by atoms with Crippen LogP contribution in [0, 0.1) is 0 Å². The van der Waals surface area contributed by atoms with E-state index in [0.717, 1.165) is 0 Å². The van der Waals surface area contributed by atoms with Crippen LogP contribution in [0.1, 0.15) is 55.4 Å². The topological polar surface area (TPSA) is 425 Å². The van der Waals surface area contributed by atoms with E-state index in [1.807, 2.05) is 0 Å². The quantitative estimate of drug-likeness (QED) is 0.0164. The van der Waals surface area contributed by atoms with E-state index in [1.165, 1.54) is 38.1 Å². The van der Waals surface area contributed by atoms with Crippen molar-refractivity contribution in [1.82, 2.24) is 47.5 Å². The third kappa shape index (κ3) is 20.8. The Kier molecular flexibility index (Phi) is 26.5. The number of hydrogen-bond acceptors (Lipinski definition) is 17. The summed E-state index contributed by atoms with van der Waals surface area (Å²) in [4.78, 5) is 128. The molecule has 0 aliphatic heterocycles. The number of unbranched alkanes of at least 4 members (excludes halogenated alkanes) is 1. The number of nitrogens with two attached hydrogens (primary N) is 3. The van der Waals surface area contributed by atoms with Gasteiger partial charge in [0.25, 0.3) is 0 Å². The number of phenolic OH excluding ortho intramolecular Hbond substituents is 2. The molecule has 0 saturated carbocycles.